The van der Waals surface area contributed by atoms with Gasteiger partial charge in [0.05, 0.1) is 18.7 Å². The zero-order valence-electron chi connectivity index (χ0n) is 16.3. The van der Waals surface area contributed by atoms with E-state index in [-0.39, 0.29) is 36.5 Å². The molecule has 1 aromatic carbocycles. The highest BCUT2D eigenvalue weighted by Gasteiger charge is 2.20. The SMILES string of the molecule is CC(C)(C)c1ccc(C(CC(=O)O)NC(=O)CCNC(=O)c2ccco2)cc1. The predicted molar refractivity (Wildman–Crippen MR) is 104 cm³/mol. The number of carbonyl (C=O) groups excluding carboxylic acids is 2. The zero-order valence-corrected chi connectivity index (χ0v) is 16.3. The number of rotatable bonds is 8. The lowest BCUT2D eigenvalue weighted by Gasteiger charge is -2.22. The van der Waals surface area contributed by atoms with Gasteiger partial charge >= 0.3 is 5.97 Å². The minimum Gasteiger partial charge on any atom is -0.481 e. The van der Waals surface area contributed by atoms with E-state index in [4.69, 9.17) is 4.42 Å². The minimum absolute atomic E-state index is 0.0176. The largest absolute Gasteiger partial charge is 0.481 e. The van der Waals surface area contributed by atoms with Gasteiger partial charge in [-0.25, -0.2) is 0 Å². The Kier molecular flexibility index (Phi) is 6.98. The van der Waals surface area contributed by atoms with Gasteiger partial charge < -0.3 is 20.2 Å². The lowest BCUT2D eigenvalue weighted by molar-refractivity contribution is -0.137. The summed E-state index contributed by atoms with van der Waals surface area (Å²) in [6, 6.07) is 10.1. The lowest BCUT2D eigenvalue weighted by Crippen LogP contribution is -2.33. The first-order valence-electron chi connectivity index (χ1n) is 9.10. The van der Waals surface area contributed by atoms with Gasteiger partial charge in [0.2, 0.25) is 5.91 Å². The average Bonchev–Trinajstić information content (AvgIpc) is 3.15. The van der Waals surface area contributed by atoms with E-state index in [0.29, 0.717) is 0 Å². The van der Waals surface area contributed by atoms with Crippen LogP contribution in [-0.2, 0) is 15.0 Å². The van der Waals surface area contributed by atoms with Crippen LogP contribution in [0.15, 0.2) is 47.1 Å². The van der Waals surface area contributed by atoms with Crippen LogP contribution < -0.4 is 10.6 Å². The number of amides is 2. The van der Waals surface area contributed by atoms with Gasteiger partial charge in [-0.1, -0.05) is 45.0 Å². The summed E-state index contributed by atoms with van der Waals surface area (Å²) >= 11 is 0. The van der Waals surface area contributed by atoms with Crippen LogP contribution in [0.3, 0.4) is 0 Å². The molecule has 0 aliphatic carbocycles. The summed E-state index contributed by atoms with van der Waals surface area (Å²) in [6.07, 6.45) is 1.20. The molecular weight excluding hydrogens is 360 g/mol. The second-order valence-corrected chi connectivity index (χ2v) is 7.57. The highest BCUT2D eigenvalue weighted by atomic mass is 16.4. The van der Waals surface area contributed by atoms with Crippen molar-refractivity contribution < 1.29 is 23.9 Å². The van der Waals surface area contributed by atoms with E-state index in [9.17, 15) is 19.5 Å². The molecule has 2 rings (SSSR count). The van der Waals surface area contributed by atoms with Crippen molar-refractivity contribution >= 4 is 17.8 Å². The maximum absolute atomic E-state index is 12.2. The van der Waals surface area contributed by atoms with E-state index in [2.05, 4.69) is 31.4 Å². The molecule has 0 fully saturated rings. The lowest BCUT2D eigenvalue weighted by atomic mass is 9.86. The van der Waals surface area contributed by atoms with Crippen molar-refractivity contribution in [3.05, 3.63) is 59.5 Å². The summed E-state index contributed by atoms with van der Waals surface area (Å²) in [7, 11) is 0. The molecule has 0 saturated heterocycles. The van der Waals surface area contributed by atoms with E-state index >= 15 is 0 Å². The Hall–Kier alpha value is -3.09. The number of carbonyl (C=O) groups is 3. The number of furan rings is 1. The van der Waals surface area contributed by atoms with Gasteiger partial charge in [0, 0.05) is 13.0 Å². The molecule has 2 aromatic rings. The summed E-state index contributed by atoms with van der Waals surface area (Å²) < 4.78 is 4.97. The molecule has 150 valence electrons. The fourth-order valence-corrected chi connectivity index (χ4v) is 2.69. The number of hydrogen-bond donors (Lipinski definition) is 3. The third-order valence-corrected chi connectivity index (χ3v) is 4.28. The second kappa shape index (κ2) is 9.21. The molecule has 7 nitrogen and oxygen atoms in total. The molecule has 28 heavy (non-hydrogen) atoms. The highest BCUT2D eigenvalue weighted by Crippen LogP contribution is 2.25. The van der Waals surface area contributed by atoms with Crippen LogP contribution in [0.5, 0.6) is 0 Å². The molecule has 3 N–H and O–H groups in total. The Morgan fingerprint density at radius 2 is 1.79 bits per heavy atom. The molecule has 0 bridgehead atoms. The normalized spacial score (nSPS) is 12.2. The third kappa shape index (κ3) is 6.26. The van der Waals surface area contributed by atoms with Crippen LogP contribution in [0, 0.1) is 0 Å². The van der Waals surface area contributed by atoms with Crippen LogP contribution >= 0.6 is 0 Å². The van der Waals surface area contributed by atoms with Gasteiger partial charge in [0.1, 0.15) is 0 Å². The van der Waals surface area contributed by atoms with Crippen molar-refractivity contribution in [2.45, 2.75) is 45.1 Å². The molecule has 7 heteroatoms. The van der Waals surface area contributed by atoms with Gasteiger partial charge in [-0.05, 0) is 28.7 Å². The Balaban J connectivity index is 1.94. The van der Waals surface area contributed by atoms with E-state index in [0.717, 1.165) is 11.1 Å². The number of benzene rings is 1. The molecular formula is C21H26N2O5. The van der Waals surface area contributed by atoms with Crippen molar-refractivity contribution in [2.75, 3.05) is 6.54 Å². The number of nitrogens with one attached hydrogen (secondary N) is 2. The summed E-state index contributed by atoms with van der Waals surface area (Å²) in [5, 5.41) is 14.5. The maximum atomic E-state index is 12.2. The highest BCUT2D eigenvalue weighted by molar-refractivity contribution is 5.91. The zero-order chi connectivity index (χ0) is 20.7. The molecule has 0 radical (unpaired) electrons. The average molecular weight is 386 g/mol. The third-order valence-electron chi connectivity index (χ3n) is 4.28. The first kappa shape index (κ1) is 21.2. The fraction of sp³-hybridized carbons (Fsp3) is 0.381. The summed E-state index contributed by atoms with van der Waals surface area (Å²) in [4.78, 5) is 35.2. The number of carboxylic acids is 1. The van der Waals surface area contributed by atoms with E-state index < -0.39 is 17.9 Å². The second-order valence-electron chi connectivity index (χ2n) is 7.57. The van der Waals surface area contributed by atoms with Crippen LogP contribution in [0.4, 0.5) is 0 Å². The van der Waals surface area contributed by atoms with Crippen molar-refractivity contribution in [1.82, 2.24) is 10.6 Å². The molecule has 0 saturated carbocycles. The molecule has 0 spiro atoms. The first-order valence-corrected chi connectivity index (χ1v) is 9.10. The van der Waals surface area contributed by atoms with Gasteiger partial charge in [0.15, 0.2) is 5.76 Å². The molecule has 0 aliphatic rings. The predicted octanol–water partition coefficient (Wildman–Crippen LogP) is 3.03. The van der Waals surface area contributed by atoms with E-state index in [1.54, 1.807) is 6.07 Å². The maximum Gasteiger partial charge on any atom is 0.305 e. The quantitative estimate of drug-likeness (QED) is 0.646. The van der Waals surface area contributed by atoms with Gasteiger partial charge in [0.25, 0.3) is 5.91 Å². The molecule has 1 atom stereocenters. The van der Waals surface area contributed by atoms with Crippen molar-refractivity contribution in [3.63, 3.8) is 0 Å². The molecule has 2 amide bonds. The molecule has 1 aromatic heterocycles. The van der Waals surface area contributed by atoms with Crippen LogP contribution in [0.25, 0.3) is 0 Å². The number of hydrogen-bond acceptors (Lipinski definition) is 4. The van der Waals surface area contributed by atoms with E-state index in [1.807, 2.05) is 24.3 Å². The minimum atomic E-state index is -1.00. The first-order chi connectivity index (χ1) is 13.2. The van der Waals surface area contributed by atoms with Gasteiger partial charge in [-0.15, -0.1) is 0 Å². The fourth-order valence-electron chi connectivity index (χ4n) is 2.69. The summed E-state index contributed by atoms with van der Waals surface area (Å²) in [5.41, 5.74) is 1.83. The van der Waals surface area contributed by atoms with Crippen LogP contribution in [0.2, 0.25) is 0 Å². The smallest absolute Gasteiger partial charge is 0.305 e. The number of carboxylic acid groups (broad SMARTS) is 1. The van der Waals surface area contributed by atoms with Gasteiger partial charge in [-0.2, -0.15) is 0 Å². The van der Waals surface area contributed by atoms with Crippen molar-refractivity contribution in [2.24, 2.45) is 0 Å². The standard InChI is InChI=1S/C21H26N2O5/c1-21(2,3)15-8-6-14(7-9-15)16(13-19(25)26)23-18(24)10-11-22-20(27)17-5-4-12-28-17/h4-9,12,16H,10-11,13H2,1-3H3,(H,22,27)(H,23,24)(H,25,26). The molecule has 1 unspecified atom stereocenters. The van der Waals surface area contributed by atoms with Gasteiger partial charge in [-0.3, -0.25) is 14.4 Å². The monoisotopic (exact) mass is 386 g/mol. The van der Waals surface area contributed by atoms with Crippen LogP contribution in [-0.4, -0.2) is 29.4 Å². The summed E-state index contributed by atoms with van der Waals surface area (Å²) in [6.45, 7) is 6.40. The van der Waals surface area contributed by atoms with Crippen molar-refractivity contribution in [1.29, 1.82) is 0 Å². The molecule has 1 heterocycles. The Bertz CT molecular complexity index is 804. The van der Waals surface area contributed by atoms with E-state index in [1.165, 1.54) is 12.3 Å². The molecule has 0 aliphatic heterocycles. The Morgan fingerprint density at radius 3 is 2.32 bits per heavy atom. The summed E-state index contributed by atoms with van der Waals surface area (Å²) in [5.74, 6) is -1.58. The van der Waals surface area contributed by atoms with Crippen molar-refractivity contribution in [3.8, 4) is 0 Å². The van der Waals surface area contributed by atoms with Crippen LogP contribution in [0.1, 0.15) is 61.3 Å². The number of aliphatic carboxylic acids is 1. The Morgan fingerprint density at radius 1 is 1.11 bits per heavy atom. The topological polar surface area (TPSA) is 109 Å². The Labute approximate surface area is 164 Å².